The summed E-state index contributed by atoms with van der Waals surface area (Å²) in [6.07, 6.45) is 4.38. The first-order chi connectivity index (χ1) is 16.9. The SMILES string of the molecule is COc1cc(Cl)cc(-c2ccc3c(c2)C2(CC4(CCCc5ccccc5C4)O3)N=C(N)N(C)O2)c1. The number of fused-ring (bicyclic) bond motifs is 3. The number of methoxy groups -OCH3 is 1. The molecule has 3 aliphatic rings. The Balaban J connectivity index is 1.48. The Morgan fingerprint density at radius 3 is 2.66 bits per heavy atom. The van der Waals surface area contributed by atoms with Gasteiger partial charge in [-0.2, -0.15) is 0 Å². The molecule has 0 saturated carbocycles. The van der Waals surface area contributed by atoms with Crippen molar-refractivity contribution in [2.75, 3.05) is 14.2 Å². The highest BCUT2D eigenvalue weighted by Crippen LogP contribution is 2.53. The van der Waals surface area contributed by atoms with E-state index in [9.17, 15) is 0 Å². The minimum absolute atomic E-state index is 0.358. The summed E-state index contributed by atoms with van der Waals surface area (Å²) in [6, 6.07) is 20.5. The van der Waals surface area contributed by atoms with Gasteiger partial charge >= 0.3 is 0 Å². The summed E-state index contributed by atoms with van der Waals surface area (Å²) in [6.45, 7) is 0. The van der Waals surface area contributed by atoms with E-state index < -0.39 is 11.3 Å². The topological polar surface area (TPSA) is 69.3 Å². The number of halogens is 1. The number of rotatable bonds is 2. The van der Waals surface area contributed by atoms with Gasteiger partial charge in [-0.15, -0.1) is 0 Å². The Kier molecular flexibility index (Phi) is 5.20. The van der Waals surface area contributed by atoms with Gasteiger partial charge in [-0.1, -0.05) is 41.9 Å². The molecule has 0 saturated heterocycles. The normalized spacial score (nSPS) is 25.0. The minimum Gasteiger partial charge on any atom is -0.497 e. The molecule has 2 aliphatic heterocycles. The van der Waals surface area contributed by atoms with Gasteiger partial charge in [0.1, 0.15) is 17.1 Å². The molecule has 2 atom stereocenters. The van der Waals surface area contributed by atoms with E-state index in [0.717, 1.165) is 48.1 Å². The number of nitrogens with two attached hydrogens (primary N) is 1. The van der Waals surface area contributed by atoms with Crippen LogP contribution in [0.1, 0.15) is 36.0 Å². The number of ether oxygens (including phenoxy) is 2. The van der Waals surface area contributed by atoms with Crippen molar-refractivity contribution in [3.63, 3.8) is 0 Å². The molecule has 6 nitrogen and oxygen atoms in total. The molecule has 3 aromatic rings. The van der Waals surface area contributed by atoms with Crippen LogP contribution < -0.4 is 15.2 Å². The summed E-state index contributed by atoms with van der Waals surface area (Å²) in [7, 11) is 3.43. The summed E-state index contributed by atoms with van der Waals surface area (Å²) >= 11 is 6.36. The van der Waals surface area contributed by atoms with Crippen molar-refractivity contribution in [2.45, 2.75) is 43.4 Å². The Hall–Kier alpha value is -3.22. The van der Waals surface area contributed by atoms with Crippen LogP contribution in [0.25, 0.3) is 11.1 Å². The van der Waals surface area contributed by atoms with Crippen molar-refractivity contribution in [2.24, 2.45) is 10.7 Å². The number of aliphatic imine (C=N–C) groups is 1. The van der Waals surface area contributed by atoms with Gasteiger partial charge in [0, 0.05) is 24.9 Å². The summed E-state index contributed by atoms with van der Waals surface area (Å²) in [5.41, 5.74) is 10.4. The largest absolute Gasteiger partial charge is 0.497 e. The first-order valence-corrected chi connectivity index (χ1v) is 12.3. The van der Waals surface area contributed by atoms with E-state index in [1.807, 2.05) is 24.3 Å². The van der Waals surface area contributed by atoms with E-state index in [1.165, 1.54) is 11.1 Å². The second-order valence-electron chi connectivity index (χ2n) is 9.69. The van der Waals surface area contributed by atoms with Crippen LogP contribution in [-0.2, 0) is 23.4 Å². The van der Waals surface area contributed by atoms with E-state index in [-0.39, 0.29) is 0 Å². The van der Waals surface area contributed by atoms with Gasteiger partial charge in [-0.25, -0.2) is 14.9 Å². The van der Waals surface area contributed by atoms with E-state index in [4.69, 9.17) is 36.6 Å². The number of hydroxylamine groups is 2. The number of benzene rings is 3. The molecular formula is C28H28ClN3O3. The lowest BCUT2D eigenvalue weighted by Crippen LogP contribution is -2.49. The highest BCUT2D eigenvalue weighted by atomic mass is 35.5. The van der Waals surface area contributed by atoms with E-state index in [0.29, 0.717) is 23.2 Å². The zero-order valence-electron chi connectivity index (χ0n) is 19.9. The molecule has 2 unspecified atom stereocenters. The highest BCUT2D eigenvalue weighted by Gasteiger charge is 2.54. The summed E-state index contributed by atoms with van der Waals surface area (Å²) in [4.78, 5) is 11.3. The van der Waals surface area contributed by atoms with Crippen LogP contribution in [0.15, 0.2) is 65.7 Å². The average Bonchev–Trinajstić information content (AvgIpc) is 3.01. The highest BCUT2D eigenvalue weighted by molar-refractivity contribution is 6.31. The smallest absolute Gasteiger partial charge is 0.222 e. The zero-order valence-corrected chi connectivity index (χ0v) is 20.6. The fourth-order valence-corrected chi connectivity index (χ4v) is 5.96. The molecule has 0 amide bonds. The Labute approximate surface area is 210 Å². The van der Waals surface area contributed by atoms with Crippen LogP contribution in [0.2, 0.25) is 5.02 Å². The standard InChI is InChI=1S/C28H28ClN3O3/c1-32-26(30)31-28(35-32)17-27(11-5-8-18-6-3-4-7-20(18)16-27)34-25-10-9-19(14-24(25)28)21-12-22(29)15-23(13-21)33-2/h3-4,6-7,9-10,12-15H,5,8,11,16-17H2,1-2H3,(H2,30,31). The first-order valence-electron chi connectivity index (χ1n) is 11.9. The van der Waals surface area contributed by atoms with Crippen LogP contribution in [0.5, 0.6) is 11.5 Å². The van der Waals surface area contributed by atoms with Crippen LogP contribution in [-0.4, -0.2) is 30.8 Å². The van der Waals surface area contributed by atoms with Gasteiger partial charge in [-0.05, 0) is 71.8 Å². The molecule has 2 spiro atoms. The monoisotopic (exact) mass is 489 g/mol. The predicted molar refractivity (Wildman–Crippen MR) is 137 cm³/mol. The van der Waals surface area contributed by atoms with Gasteiger partial charge in [0.25, 0.3) is 0 Å². The Morgan fingerprint density at radius 2 is 1.89 bits per heavy atom. The third-order valence-corrected chi connectivity index (χ3v) is 7.56. The van der Waals surface area contributed by atoms with Gasteiger partial charge in [-0.3, -0.25) is 0 Å². The number of guanidine groups is 1. The fraction of sp³-hybridized carbons (Fsp3) is 0.321. The lowest BCUT2D eigenvalue weighted by molar-refractivity contribution is -0.204. The van der Waals surface area contributed by atoms with Crippen molar-refractivity contribution in [1.29, 1.82) is 0 Å². The molecule has 180 valence electrons. The molecule has 7 heteroatoms. The summed E-state index contributed by atoms with van der Waals surface area (Å²) in [5.74, 6) is 1.84. The maximum atomic E-state index is 6.85. The number of aryl methyl sites for hydroxylation is 1. The summed E-state index contributed by atoms with van der Waals surface area (Å²) < 4.78 is 12.3. The third kappa shape index (κ3) is 3.81. The first kappa shape index (κ1) is 22.3. The van der Waals surface area contributed by atoms with Gasteiger partial charge in [0.05, 0.1) is 12.7 Å². The summed E-state index contributed by atoms with van der Waals surface area (Å²) in [5, 5.41) is 2.17. The second-order valence-corrected chi connectivity index (χ2v) is 10.1. The molecule has 0 radical (unpaired) electrons. The molecular weight excluding hydrogens is 462 g/mol. The van der Waals surface area contributed by atoms with Crippen molar-refractivity contribution >= 4 is 17.6 Å². The number of hydrogen-bond acceptors (Lipinski definition) is 6. The van der Waals surface area contributed by atoms with Crippen LogP contribution >= 0.6 is 11.6 Å². The second kappa shape index (κ2) is 8.18. The molecule has 35 heavy (non-hydrogen) atoms. The fourth-order valence-electron chi connectivity index (χ4n) is 5.73. The third-order valence-electron chi connectivity index (χ3n) is 7.34. The number of nitrogens with zero attached hydrogens (tertiary/aromatic N) is 2. The Morgan fingerprint density at radius 1 is 1.06 bits per heavy atom. The van der Waals surface area contributed by atoms with E-state index in [1.54, 1.807) is 25.3 Å². The van der Waals surface area contributed by atoms with Crippen molar-refractivity contribution in [3.05, 3.63) is 82.4 Å². The molecule has 1 aliphatic carbocycles. The zero-order chi connectivity index (χ0) is 24.2. The molecule has 0 aromatic heterocycles. The molecule has 2 N–H and O–H groups in total. The van der Waals surface area contributed by atoms with Gasteiger partial charge < -0.3 is 15.2 Å². The maximum Gasteiger partial charge on any atom is 0.222 e. The molecule has 6 rings (SSSR count). The average molecular weight is 490 g/mol. The molecule has 2 heterocycles. The van der Waals surface area contributed by atoms with E-state index in [2.05, 4.69) is 30.3 Å². The van der Waals surface area contributed by atoms with E-state index >= 15 is 0 Å². The predicted octanol–water partition coefficient (Wildman–Crippen LogP) is 5.46. The molecule has 0 bridgehead atoms. The van der Waals surface area contributed by atoms with Crippen molar-refractivity contribution in [1.82, 2.24) is 5.06 Å². The Bertz CT molecular complexity index is 1340. The van der Waals surface area contributed by atoms with Gasteiger partial charge in [0.15, 0.2) is 0 Å². The van der Waals surface area contributed by atoms with Crippen LogP contribution in [0, 0.1) is 0 Å². The van der Waals surface area contributed by atoms with Crippen molar-refractivity contribution < 1.29 is 14.3 Å². The van der Waals surface area contributed by atoms with Crippen molar-refractivity contribution in [3.8, 4) is 22.6 Å². The number of hydrogen-bond donors (Lipinski definition) is 1. The maximum absolute atomic E-state index is 6.85. The molecule has 3 aromatic carbocycles. The van der Waals surface area contributed by atoms with Crippen LogP contribution in [0.4, 0.5) is 0 Å². The lowest BCUT2D eigenvalue weighted by atomic mass is 9.78. The van der Waals surface area contributed by atoms with Crippen LogP contribution in [0.3, 0.4) is 0 Å². The quantitative estimate of drug-likeness (QED) is 0.517. The lowest BCUT2D eigenvalue weighted by Gasteiger charge is -2.45. The minimum atomic E-state index is -0.954. The van der Waals surface area contributed by atoms with Gasteiger partial charge in [0.2, 0.25) is 11.7 Å². The molecule has 0 fully saturated rings.